The zero-order valence-electron chi connectivity index (χ0n) is 12.1. The van der Waals surface area contributed by atoms with Gasteiger partial charge < -0.3 is 10.8 Å². The number of aliphatic carboxylic acids is 1. The Balaban J connectivity index is 2.15. The molecule has 1 aromatic rings. The Kier molecular flexibility index (Phi) is 5.33. The molecule has 1 amide bonds. The highest BCUT2D eigenvalue weighted by Gasteiger charge is 2.29. The van der Waals surface area contributed by atoms with Crippen LogP contribution in [0, 0.1) is 0 Å². The Bertz CT molecular complexity index is 484. The van der Waals surface area contributed by atoms with E-state index in [0.717, 1.165) is 31.2 Å². The third kappa shape index (κ3) is 4.29. The lowest BCUT2D eigenvalue weighted by Crippen LogP contribution is -2.43. The molecule has 1 atom stereocenters. The van der Waals surface area contributed by atoms with Crippen LogP contribution in [0.2, 0.25) is 0 Å². The van der Waals surface area contributed by atoms with Crippen LogP contribution in [0.5, 0.6) is 0 Å². The van der Waals surface area contributed by atoms with Crippen LogP contribution < -0.4 is 5.73 Å². The van der Waals surface area contributed by atoms with E-state index >= 15 is 0 Å². The standard InChI is InChI=1S/C16H22N2O3/c17-15(19)11-18(13-8-4-5-9-13)10-14(16(20)21)12-6-2-1-3-7-12/h1-3,6-7,13-14H,4-5,8-11H2,(H2,17,19)(H,20,21). The number of nitrogens with two attached hydrogens (primary N) is 1. The number of carboxylic acid groups (broad SMARTS) is 1. The van der Waals surface area contributed by atoms with Gasteiger partial charge in [-0.1, -0.05) is 43.2 Å². The van der Waals surface area contributed by atoms with E-state index in [1.165, 1.54) is 0 Å². The number of nitrogens with zero attached hydrogens (tertiary/aromatic N) is 1. The maximum absolute atomic E-state index is 11.6. The van der Waals surface area contributed by atoms with Gasteiger partial charge in [0, 0.05) is 12.6 Å². The van der Waals surface area contributed by atoms with Gasteiger partial charge >= 0.3 is 5.97 Å². The zero-order chi connectivity index (χ0) is 15.2. The van der Waals surface area contributed by atoms with Crippen LogP contribution in [0.4, 0.5) is 0 Å². The molecule has 0 spiro atoms. The molecule has 21 heavy (non-hydrogen) atoms. The lowest BCUT2D eigenvalue weighted by Gasteiger charge is -2.30. The van der Waals surface area contributed by atoms with E-state index in [4.69, 9.17) is 5.73 Å². The van der Waals surface area contributed by atoms with Crippen LogP contribution in [0.3, 0.4) is 0 Å². The van der Waals surface area contributed by atoms with Gasteiger partial charge in [0.05, 0.1) is 12.5 Å². The summed E-state index contributed by atoms with van der Waals surface area (Å²) in [6.45, 7) is 0.453. The van der Waals surface area contributed by atoms with Crippen molar-refractivity contribution in [2.75, 3.05) is 13.1 Å². The fourth-order valence-corrected chi connectivity index (χ4v) is 3.06. The Morgan fingerprint density at radius 1 is 1.24 bits per heavy atom. The molecule has 1 aliphatic carbocycles. The first kappa shape index (κ1) is 15.5. The predicted octanol–water partition coefficient (Wildman–Crippen LogP) is 1.58. The number of rotatable bonds is 7. The van der Waals surface area contributed by atoms with Crippen LogP contribution in [-0.4, -0.2) is 41.0 Å². The maximum atomic E-state index is 11.6. The highest BCUT2D eigenvalue weighted by Crippen LogP contribution is 2.26. The van der Waals surface area contributed by atoms with E-state index in [0.29, 0.717) is 6.54 Å². The van der Waals surface area contributed by atoms with E-state index in [1.807, 2.05) is 35.2 Å². The molecular weight excluding hydrogens is 268 g/mol. The average molecular weight is 290 g/mol. The second-order valence-electron chi connectivity index (χ2n) is 5.64. The molecule has 5 heteroatoms. The van der Waals surface area contributed by atoms with Gasteiger partial charge in [0.2, 0.25) is 5.91 Å². The van der Waals surface area contributed by atoms with Crippen LogP contribution in [-0.2, 0) is 9.59 Å². The first-order chi connectivity index (χ1) is 10.1. The summed E-state index contributed by atoms with van der Waals surface area (Å²) in [5.74, 6) is -1.90. The highest BCUT2D eigenvalue weighted by molar-refractivity contribution is 5.77. The molecular formula is C16H22N2O3. The molecule has 1 saturated carbocycles. The second-order valence-corrected chi connectivity index (χ2v) is 5.64. The number of carbonyl (C=O) groups excluding carboxylic acids is 1. The number of hydrogen-bond donors (Lipinski definition) is 2. The number of amides is 1. The van der Waals surface area contributed by atoms with E-state index in [2.05, 4.69) is 0 Å². The normalized spacial score (nSPS) is 17.0. The molecule has 0 saturated heterocycles. The molecule has 0 heterocycles. The fraction of sp³-hybridized carbons (Fsp3) is 0.500. The van der Waals surface area contributed by atoms with E-state index in [-0.39, 0.29) is 12.6 Å². The zero-order valence-corrected chi connectivity index (χ0v) is 12.1. The molecule has 0 aromatic heterocycles. The van der Waals surface area contributed by atoms with Crippen molar-refractivity contribution in [1.29, 1.82) is 0 Å². The minimum atomic E-state index is -0.867. The van der Waals surface area contributed by atoms with Gasteiger partial charge in [0.15, 0.2) is 0 Å². The van der Waals surface area contributed by atoms with Gasteiger partial charge in [-0.3, -0.25) is 14.5 Å². The number of carbonyl (C=O) groups is 2. The first-order valence-electron chi connectivity index (χ1n) is 7.38. The van der Waals surface area contributed by atoms with E-state index < -0.39 is 17.8 Å². The number of carboxylic acids is 1. The van der Waals surface area contributed by atoms with Crippen molar-refractivity contribution in [3.8, 4) is 0 Å². The highest BCUT2D eigenvalue weighted by atomic mass is 16.4. The van der Waals surface area contributed by atoms with Crippen molar-refractivity contribution in [3.63, 3.8) is 0 Å². The van der Waals surface area contributed by atoms with Crippen LogP contribution in [0.15, 0.2) is 30.3 Å². The van der Waals surface area contributed by atoms with Crippen LogP contribution in [0.25, 0.3) is 0 Å². The van der Waals surface area contributed by atoms with E-state index in [1.54, 1.807) is 0 Å². The Labute approximate surface area is 124 Å². The number of hydrogen-bond acceptors (Lipinski definition) is 3. The largest absolute Gasteiger partial charge is 0.481 e. The Morgan fingerprint density at radius 2 is 1.86 bits per heavy atom. The molecule has 114 valence electrons. The lowest BCUT2D eigenvalue weighted by atomic mass is 9.97. The SMILES string of the molecule is NC(=O)CN(CC(C(=O)O)c1ccccc1)C1CCCC1. The maximum Gasteiger partial charge on any atom is 0.312 e. The van der Waals surface area contributed by atoms with Gasteiger partial charge in [-0.05, 0) is 18.4 Å². The molecule has 1 fully saturated rings. The van der Waals surface area contributed by atoms with Gasteiger partial charge in [0.1, 0.15) is 0 Å². The van der Waals surface area contributed by atoms with Crippen LogP contribution >= 0.6 is 0 Å². The molecule has 1 unspecified atom stereocenters. The van der Waals surface area contributed by atoms with Gasteiger partial charge in [-0.2, -0.15) is 0 Å². The summed E-state index contributed by atoms with van der Waals surface area (Å²) >= 11 is 0. The fourth-order valence-electron chi connectivity index (χ4n) is 3.06. The smallest absolute Gasteiger partial charge is 0.312 e. The quantitative estimate of drug-likeness (QED) is 0.798. The summed E-state index contributed by atoms with van der Waals surface area (Å²) < 4.78 is 0. The summed E-state index contributed by atoms with van der Waals surface area (Å²) in [5, 5.41) is 9.51. The molecule has 0 aliphatic heterocycles. The number of primary amides is 1. The number of benzene rings is 1. The molecule has 1 aliphatic rings. The average Bonchev–Trinajstić information content (AvgIpc) is 2.97. The summed E-state index contributed by atoms with van der Waals surface area (Å²) in [6, 6.07) is 9.42. The van der Waals surface area contributed by atoms with Gasteiger partial charge in [-0.25, -0.2) is 0 Å². The first-order valence-corrected chi connectivity index (χ1v) is 7.38. The van der Waals surface area contributed by atoms with Gasteiger partial charge in [0.25, 0.3) is 0 Å². The molecule has 1 aromatic carbocycles. The predicted molar refractivity (Wildman–Crippen MR) is 79.8 cm³/mol. The third-order valence-corrected chi connectivity index (χ3v) is 4.12. The Hall–Kier alpha value is -1.88. The van der Waals surface area contributed by atoms with Crippen LogP contribution in [0.1, 0.15) is 37.2 Å². The summed E-state index contributed by atoms with van der Waals surface area (Å²) in [7, 11) is 0. The molecule has 2 rings (SSSR count). The third-order valence-electron chi connectivity index (χ3n) is 4.12. The van der Waals surface area contributed by atoms with Crippen molar-refractivity contribution in [3.05, 3.63) is 35.9 Å². The summed E-state index contributed by atoms with van der Waals surface area (Å²) in [5.41, 5.74) is 6.08. The minimum absolute atomic E-state index is 0.126. The molecule has 3 N–H and O–H groups in total. The van der Waals surface area contributed by atoms with Crippen molar-refractivity contribution >= 4 is 11.9 Å². The lowest BCUT2D eigenvalue weighted by molar-refractivity contribution is -0.139. The topological polar surface area (TPSA) is 83.6 Å². The van der Waals surface area contributed by atoms with Crippen molar-refractivity contribution in [2.24, 2.45) is 5.73 Å². The Morgan fingerprint density at radius 3 is 2.38 bits per heavy atom. The molecule has 0 bridgehead atoms. The van der Waals surface area contributed by atoms with Gasteiger partial charge in [-0.15, -0.1) is 0 Å². The van der Waals surface area contributed by atoms with E-state index in [9.17, 15) is 14.7 Å². The molecule has 0 radical (unpaired) electrons. The van der Waals surface area contributed by atoms with Crippen molar-refractivity contribution < 1.29 is 14.7 Å². The summed E-state index contributed by atoms with van der Waals surface area (Å²) in [6.07, 6.45) is 4.27. The van der Waals surface area contributed by atoms with Crippen molar-refractivity contribution in [1.82, 2.24) is 4.90 Å². The molecule has 5 nitrogen and oxygen atoms in total. The van der Waals surface area contributed by atoms with Crippen molar-refractivity contribution in [2.45, 2.75) is 37.6 Å². The monoisotopic (exact) mass is 290 g/mol. The minimum Gasteiger partial charge on any atom is -0.481 e. The second kappa shape index (κ2) is 7.22. The summed E-state index contributed by atoms with van der Waals surface area (Å²) in [4.78, 5) is 24.8.